The van der Waals surface area contributed by atoms with Crippen LogP contribution < -0.4 is 0 Å². The standard InChI is InChI=1S/C7H16O5/c1-4-6(3)7(5-2)9-11-12-10-8/h6-8H,4-5H2,1-3H3. The monoisotopic (exact) mass is 180 g/mol. The van der Waals surface area contributed by atoms with Crippen LogP contribution in [0.4, 0.5) is 0 Å². The fourth-order valence-corrected chi connectivity index (χ4v) is 0.907. The molecule has 0 bridgehead atoms. The normalized spacial score (nSPS) is 16.0. The fourth-order valence-electron chi connectivity index (χ4n) is 0.907. The molecule has 0 amide bonds. The molecular formula is C7H16O5. The minimum absolute atomic E-state index is 0.0508. The maximum atomic E-state index is 7.72. The van der Waals surface area contributed by atoms with Crippen molar-refractivity contribution in [2.24, 2.45) is 5.92 Å². The second-order valence-electron chi connectivity index (χ2n) is 2.64. The Labute approximate surface area is 71.9 Å². The van der Waals surface area contributed by atoms with Crippen molar-refractivity contribution in [3.8, 4) is 0 Å². The van der Waals surface area contributed by atoms with Crippen LogP contribution in [-0.4, -0.2) is 11.4 Å². The molecule has 1 N–H and O–H groups in total. The molecule has 0 spiro atoms. The molecule has 74 valence electrons. The van der Waals surface area contributed by atoms with Crippen molar-refractivity contribution in [1.82, 2.24) is 0 Å². The predicted octanol–water partition coefficient (Wildman–Crippen LogP) is 2.10. The van der Waals surface area contributed by atoms with Crippen molar-refractivity contribution in [3.63, 3.8) is 0 Å². The molecule has 0 rings (SSSR count). The van der Waals surface area contributed by atoms with Gasteiger partial charge < -0.3 is 0 Å². The van der Waals surface area contributed by atoms with Crippen molar-refractivity contribution in [1.29, 1.82) is 0 Å². The van der Waals surface area contributed by atoms with E-state index in [1.54, 1.807) is 0 Å². The SMILES string of the molecule is CCC(C)C(CC)OOOOO. The Balaban J connectivity index is 3.52. The Bertz CT molecular complexity index is 97.8. The van der Waals surface area contributed by atoms with E-state index in [-0.39, 0.29) is 6.10 Å². The molecule has 2 atom stereocenters. The average Bonchev–Trinajstić information content (AvgIpc) is 2.11. The molecule has 0 aliphatic heterocycles. The highest BCUT2D eigenvalue weighted by Gasteiger charge is 2.15. The van der Waals surface area contributed by atoms with E-state index in [9.17, 15) is 0 Å². The van der Waals surface area contributed by atoms with Gasteiger partial charge in [-0.15, -0.1) is 0 Å². The molecule has 0 heterocycles. The van der Waals surface area contributed by atoms with Gasteiger partial charge in [-0.05, 0) is 27.5 Å². The zero-order valence-electron chi connectivity index (χ0n) is 7.65. The molecule has 0 fully saturated rings. The Morgan fingerprint density at radius 2 is 1.83 bits per heavy atom. The first-order valence-corrected chi connectivity index (χ1v) is 4.06. The van der Waals surface area contributed by atoms with E-state index in [2.05, 4.69) is 22.0 Å². The lowest BCUT2D eigenvalue weighted by molar-refractivity contribution is -0.708. The lowest BCUT2D eigenvalue weighted by atomic mass is 10.0. The zero-order valence-corrected chi connectivity index (χ0v) is 7.65. The van der Waals surface area contributed by atoms with Gasteiger partial charge in [-0.25, -0.2) is 10.1 Å². The van der Waals surface area contributed by atoms with Crippen LogP contribution in [0.15, 0.2) is 0 Å². The van der Waals surface area contributed by atoms with Gasteiger partial charge in [0.25, 0.3) is 0 Å². The minimum Gasteiger partial charge on any atom is -0.219 e. The molecule has 0 saturated carbocycles. The molecule has 0 aliphatic carbocycles. The molecule has 5 nitrogen and oxygen atoms in total. The average molecular weight is 180 g/mol. The summed E-state index contributed by atoms with van der Waals surface area (Å²) in [5.41, 5.74) is 0. The van der Waals surface area contributed by atoms with Gasteiger partial charge in [0.15, 0.2) is 0 Å². The van der Waals surface area contributed by atoms with Gasteiger partial charge >= 0.3 is 0 Å². The largest absolute Gasteiger partial charge is 0.219 e. The maximum absolute atomic E-state index is 7.72. The maximum Gasteiger partial charge on any atom is 0.0985 e. The van der Waals surface area contributed by atoms with Crippen molar-refractivity contribution < 1.29 is 25.3 Å². The molecule has 5 heteroatoms. The van der Waals surface area contributed by atoms with Crippen LogP contribution >= 0.6 is 0 Å². The number of hydrogen-bond donors (Lipinski definition) is 1. The third kappa shape index (κ3) is 4.63. The molecule has 12 heavy (non-hydrogen) atoms. The third-order valence-electron chi connectivity index (χ3n) is 1.90. The topological polar surface area (TPSA) is 57.2 Å². The third-order valence-corrected chi connectivity index (χ3v) is 1.90. The summed E-state index contributed by atoms with van der Waals surface area (Å²) in [4.78, 5) is 4.78. The van der Waals surface area contributed by atoms with Crippen LogP contribution in [0.1, 0.15) is 33.6 Å². The predicted molar refractivity (Wildman–Crippen MR) is 40.5 cm³/mol. The Morgan fingerprint density at radius 3 is 2.25 bits per heavy atom. The summed E-state index contributed by atoms with van der Waals surface area (Å²) in [6, 6.07) is 0. The van der Waals surface area contributed by atoms with Crippen LogP contribution in [0.5, 0.6) is 0 Å². The summed E-state index contributed by atoms with van der Waals surface area (Å²) in [6.07, 6.45) is 1.75. The van der Waals surface area contributed by atoms with E-state index >= 15 is 0 Å². The first-order chi connectivity index (χ1) is 5.76. The molecule has 0 saturated heterocycles. The Hall–Kier alpha value is -0.200. The molecule has 0 aromatic rings. The summed E-state index contributed by atoms with van der Waals surface area (Å²) in [5, 5.41) is 18.7. The second kappa shape index (κ2) is 7.45. The molecule has 0 radical (unpaired) electrons. The van der Waals surface area contributed by atoms with Gasteiger partial charge in [0.1, 0.15) is 0 Å². The van der Waals surface area contributed by atoms with Gasteiger partial charge in [0.05, 0.1) is 6.10 Å². The molecule has 2 unspecified atom stereocenters. The highest BCUT2D eigenvalue weighted by Crippen LogP contribution is 2.14. The smallest absolute Gasteiger partial charge is 0.0985 e. The van der Waals surface area contributed by atoms with Crippen LogP contribution in [0.25, 0.3) is 0 Å². The van der Waals surface area contributed by atoms with Crippen molar-refractivity contribution in [2.75, 3.05) is 0 Å². The van der Waals surface area contributed by atoms with Crippen molar-refractivity contribution in [3.05, 3.63) is 0 Å². The van der Waals surface area contributed by atoms with E-state index in [0.29, 0.717) is 5.92 Å². The zero-order chi connectivity index (χ0) is 9.40. The van der Waals surface area contributed by atoms with E-state index in [0.717, 1.165) is 12.8 Å². The summed E-state index contributed by atoms with van der Waals surface area (Å²) in [7, 11) is 0. The van der Waals surface area contributed by atoms with Crippen LogP contribution in [-0.2, 0) is 20.0 Å². The summed E-state index contributed by atoms with van der Waals surface area (Å²) in [6.45, 7) is 6.07. The van der Waals surface area contributed by atoms with Gasteiger partial charge in [0.2, 0.25) is 0 Å². The minimum atomic E-state index is -0.0508. The van der Waals surface area contributed by atoms with E-state index < -0.39 is 0 Å². The van der Waals surface area contributed by atoms with Crippen molar-refractivity contribution in [2.45, 2.75) is 39.7 Å². The first-order valence-electron chi connectivity index (χ1n) is 4.06. The summed E-state index contributed by atoms with van der Waals surface area (Å²) < 4.78 is 0. The summed E-state index contributed by atoms with van der Waals surface area (Å²) in [5.74, 6) is 0.372. The Morgan fingerprint density at radius 1 is 1.17 bits per heavy atom. The van der Waals surface area contributed by atoms with Crippen LogP contribution in [0.2, 0.25) is 0 Å². The lowest BCUT2D eigenvalue weighted by Crippen LogP contribution is -2.20. The quantitative estimate of drug-likeness (QED) is 0.369. The molecule has 0 aromatic heterocycles. The highest BCUT2D eigenvalue weighted by molar-refractivity contribution is 4.60. The fraction of sp³-hybridized carbons (Fsp3) is 1.00. The van der Waals surface area contributed by atoms with Crippen LogP contribution in [0, 0.1) is 5.92 Å². The van der Waals surface area contributed by atoms with Crippen molar-refractivity contribution >= 4 is 0 Å². The highest BCUT2D eigenvalue weighted by atomic mass is 17.8. The Kier molecular flexibility index (Phi) is 7.33. The molecule has 0 aliphatic rings. The lowest BCUT2D eigenvalue weighted by Gasteiger charge is -2.18. The first kappa shape index (κ1) is 11.8. The van der Waals surface area contributed by atoms with Gasteiger partial charge in [-0.3, -0.25) is 0 Å². The van der Waals surface area contributed by atoms with Gasteiger partial charge in [-0.2, -0.15) is 0 Å². The van der Waals surface area contributed by atoms with E-state index in [4.69, 9.17) is 10.1 Å². The molecule has 0 aromatic carbocycles. The van der Waals surface area contributed by atoms with Gasteiger partial charge in [-0.1, -0.05) is 27.2 Å². The van der Waals surface area contributed by atoms with E-state index in [1.807, 2.05) is 13.8 Å². The van der Waals surface area contributed by atoms with Crippen LogP contribution in [0.3, 0.4) is 0 Å². The summed E-state index contributed by atoms with van der Waals surface area (Å²) >= 11 is 0. The van der Waals surface area contributed by atoms with Gasteiger partial charge in [0, 0.05) is 0 Å². The van der Waals surface area contributed by atoms with E-state index in [1.165, 1.54) is 0 Å². The second-order valence-corrected chi connectivity index (χ2v) is 2.64. The molecular weight excluding hydrogens is 164 g/mol. The number of rotatable bonds is 7. The number of hydrogen-bond acceptors (Lipinski definition) is 5.